The summed E-state index contributed by atoms with van der Waals surface area (Å²) in [4.78, 5) is 27.6. The molecule has 0 aromatic heterocycles. The Morgan fingerprint density at radius 1 is 1.03 bits per heavy atom. The van der Waals surface area contributed by atoms with Crippen molar-refractivity contribution < 1.29 is 14.3 Å². The standard InChI is InChI=1S/C25H34N2O3/c1-5-23(25(29)26-19(2)3)27(18-21-15-13-20(4)14-16-21)24(28)12-9-17-30-22-10-7-6-8-11-22/h6-8,10-11,13-16,19,23H,5,9,12,17-18H2,1-4H3,(H,26,29)/t23-/m0/s1. The molecule has 5 nitrogen and oxygen atoms in total. The first kappa shape index (κ1) is 23.5. The summed E-state index contributed by atoms with van der Waals surface area (Å²) in [6.07, 6.45) is 1.50. The van der Waals surface area contributed by atoms with Gasteiger partial charge in [-0.05, 0) is 51.3 Å². The van der Waals surface area contributed by atoms with E-state index in [1.807, 2.05) is 82.3 Å². The molecule has 162 valence electrons. The summed E-state index contributed by atoms with van der Waals surface area (Å²) in [6.45, 7) is 8.71. The molecule has 0 saturated carbocycles. The summed E-state index contributed by atoms with van der Waals surface area (Å²) >= 11 is 0. The van der Waals surface area contributed by atoms with E-state index in [0.29, 0.717) is 32.4 Å². The summed E-state index contributed by atoms with van der Waals surface area (Å²) < 4.78 is 5.70. The zero-order valence-electron chi connectivity index (χ0n) is 18.6. The van der Waals surface area contributed by atoms with Gasteiger partial charge in [-0.1, -0.05) is 55.0 Å². The second-order valence-corrected chi connectivity index (χ2v) is 7.86. The minimum absolute atomic E-state index is 0.0296. The normalized spacial score (nSPS) is 11.8. The van der Waals surface area contributed by atoms with E-state index in [-0.39, 0.29) is 17.9 Å². The van der Waals surface area contributed by atoms with Gasteiger partial charge in [-0.15, -0.1) is 0 Å². The Kier molecular flexibility index (Phi) is 9.39. The Hall–Kier alpha value is -2.82. The molecule has 0 heterocycles. The number of carbonyl (C=O) groups excluding carboxylic acids is 2. The van der Waals surface area contributed by atoms with Crippen LogP contribution in [0.25, 0.3) is 0 Å². The van der Waals surface area contributed by atoms with Crippen molar-refractivity contribution in [1.82, 2.24) is 10.2 Å². The maximum atomic E-state index is 13.1. The Morgan fingerprint density at radius 3 is 2.30 bits per heavy atom. The van der Waals surface area contributed by atoms with E-state index in [4.69, 9.17) is 4.74 Å². The zero-order chi connectivity index (χ0) is 21.9. The average molecular weight is 411 g/mol. The van der Waals surface area contributed by atoms with Gasteiger partial charge in [0.05, 0.1) is 6.61 Å². The number of amides is 2. The lowest BCUT2D eigenvalue weighted by molar-refractivity contribution is -0.141. The van der Waals surface area contributed by atoms with Gasteiger partial charge in [0, 0.05) is 19.0 Å². The molecule has 2 amide bonds. The van der Waals surface area contributed by atoms with Crippen molar-refractivity contribution in [2.45, 2.75) is 65.6 Å². The van der Waals surface area contributed by atoms with E-state index in [9.17, 15) is 9.59 Å². The predicted molar refractivity (Wildman–Crippen MR) is 120 cm³/mol. The molecule has 30 heavy (non-hydrogen) atoms. The van der Waals surface area contributed by atoms with E-state index < -0.39 is 6.04 Å². The summed E-state index contributed by atoms with van der Waals surface area (Å²) in [7, 11) is 0. The first-order valence-electron chi connectivity index (χ1n) is 10.7. The Labute approximate surface area is 180 Å². The van der Waals surface area contributed by atoms with Crippen LogP contribution in [-0.4, -0.2) is 35.4 Å². The number of aryl methyl sites for hydroxylation is 1. The smallest absolute Gasteiger partial charge is 0.243 e. The van der Waals surface area contributed by atoms with Crippen molar-refractivity contribution >= 4 is 11.8 Å². The van der Waals surface area contributed by atoms with Crippen LogP contribution < -0.4 is 10.1 Å². The van der Waals surface area contributed by atoms with E-state index in [1.54, 1.807) is 4.90 Å². The van der Waals surface area contributed by atoms with Crippen LogP contribution in [0.4, 0.5) is 0 Å². The lowest BCUT2D eigenvalue weighted by Gasteiger charge is -2.31. The summed E-state index contributed by atoms with van der Waals surface area (Å²) in [5.74, 6) is 0.663. The lowest BCUT2D eigenvalue weighted by atomic mass is 10.1. The van der Waals surface area contributed by atoms with Crippen LogP contribution >= 0.6 is 0 Å². The van der Waals surface area contributed by atoms with Gasteiger partial charge in [-0.3, -0.25) is 9.59 Å². The Balaban J connectivity index is 2.05. The highest BCUT2D eigenvalue weighted by Crippen LogP contribution is 2.16. The van der Waals surface area contributed by atoms with Gasteiger partial charge in [0.15, 0.2) is 0 Å². The molecular weight excluding hydrogens is 376 g/mol. The van der Waals surface area contributed by atoms with Crippen LogP contribution in [-0.2, 0) is 16.1 Å². The first-order chi connectivity index (χ1) is 14.4. The van der Waals surface area contributed by atoms with Crippen molar-refractivity contribution in [3.05, 3.63) is 65.7 Å². The molecule has 0 fully saturated rings. The van der Waals surface area contributed by atoms with E-state index in [2.05, 4.69) is 5.32 Å². The van der Waals surface area contributed by atoms with E-state index in [0.717, 1.165) is 11.3 Å². The van der Waals surface area contributed by atoms with Crippen molar-refractivity contribution in [3.8, 4) is 5.75 Å². The molecule has 1 atom stereocenters. The largest absolute Gasteiger partial charge is 0.494 e. The third kappa shape index (κ3) is 7.54. The van der Waals surface area contributed by atoms with Crippen molar-refractivity contribution in [2.75, 3.05) is 6.61 Å². The van der Waals surface area contributed by atoms with Gasteiger partial charge in [-0.2, -0.15) is 0 Å². The van der Waals surface area contributed by atoms with Gasteiger partial charge in [-0.25, -0.2) is 0 Å². The summed E-state index contributed by atoms with van der Waals surface area (Å²) in [5, 5.41) is 2.96. The molecule has 0 spiro atoms. The van der Waals surface area contributed by atoms with Gasteiger partial charge in [0.25, 0.3) is 0 Å². The third-order valence-electron chi connectivity index (χ3n) is 4.84. The highest BCUT2D eigenvalue weighted by Gasteiger charge is 2.28. The molecular formula is C25H34N2O3. The zero-order valence-corrected chi connectivity index (χ0v) is 18.6. The molecule has 2 aromatic carbocycles. The van der Waals surface area contributed by atoms with E-state index in [1.165, 1.54) is 5.56 Å². The number of hydrogen-bond donors (Lipinski definition) is 1. The highest BCUT2D eigenvalue weighted by molar-refractivity contribution is 5.87. The minimum atomic E-state index is -0.490. The molecule has 0 bridgehead atoms. The quantitative estimate of drug-likeness (QED) is 0.556. The SMILES string of the molecule is CC[C@@H](C(=O)NC(C)C)N(Cc1ccc(C)cc1)C(=O)CCCOc1ccccc1. The number of ether oxygens (including phenoxy) is 1. The topological polar surface area (TPSA) is 58.6 Å². The van der Waals surface area contributed by atoms with Crippen LogP contribution in [0.15, 0.2) is 54.6 Å². The molecule has 0 aliphatic rings. The second kappa shape index (κ2) is 12.0. The minimum Gasteiger partial charge on any atom is -0.494 e. The molecule has 0 unspecified atom stereocenters. The van der Waals surface area contributed by atoms with Gasteiger partial charge in [0.2, 0.25) is 11.8 Å². The second-order valence-electron chi connectivity index (χ2n) is 7.86. The number of carbonyl (C=O) groups is 2. The first-order valence-corrected chi connectivity index (χ1v) is 10.7. The third-order valence-corrected chi connectivity index (χ3v) is 4.84. The molecule has 2 rings (SSSR count). The van der Waals surface area contributed by atoms with Crippen LogP contribution in [0.5, 0.6) is 5.75 Å². The van der Waals surface area contributed by atoms with Gasteiger partial charge < -0.3 is 15.0 Å². The maximum Gasteiger partial charge on any atom is 0.243 e. The van der Waals surface area contributed by atoms with E-state index >= 15 is 0 Å². The predicted octanol–water partition coefficient (Wildman–Crippen LogP) is 4.49. The molecule has 0 saturated heterocycles. The molecule has 5 heteroatoms. The molecule has 0 radical (unpaired) electrons. The Morgan fingerprint density at radius 2 is 1.70 bits per heavy atom. The van der Waals surface area contributed by atoms with Crippen LogP contribution in [0.3, 0.4) is 0 Å². The van der Waals surface area contributed by atoms with Crippen LogP contribution in [0.1, 0.15) is 51.2 Å². The van der Waals surface area contributed by atoms with Crippen molar-refractivity contribution in [3.63, 3.8) is 0 Å². The number of para-hydroxylation sites is 1. The number of rotatable bonds is 11. The molecule has 0 aliphatic carbocycles. The van der Waals surface area contributed by atoms with Gasteiger partial charge >= 0.3 is 0 Å². The number of hydrogen-bond acceptors (Lipinski definition) is 3. The number of benzene rings is 2. The van der Waals surface area contributed by atoms with Crippen LogP contribution in [0, 0.1) is 6.92 Å². The van der Waals surface area contributed by atoms with Crippen molar-refractivity contribution in [1.29, 1.82) is 0 Å². The molecule has 1 N–H and O–H groups in total. The molecule has 0 aliphatic heterocycles. The maximum absolute atomic E-state index is 13.1. The molecule has 2 aromatic rings. The summed E-state index contributed by atoms with van der Waals surface area (Å²) in [6, 6.07) is 17.2. The van der Waals surface area contributed by atoms with Crippen LogP contribution in [0.2, 0.25) is 0 Å². The Bertz CT molecular complexity index is 788. The lowest BCUT2D eigenvalue weighted by Crippen LogP contribution is -2.50. The summed E-state index contributed by atoms with van der Waals surface area (Å²) in [5.41, 5.74) is 2.18. The van der Waals surface area contributed by atoms with Gasteiger partial charge in [0.1, 0.15) is 11.8 Å². The average Bonchev–Trinajstić information content (AvgIpc) is 2.72. The fraction of sp³-hybridized carbons (Fsp3) is 0.440. The van der Waals surface area contributed by atoms with Crippen molar-refractivity contribution in [2.24, 2.45) is 0 Å². The number of nitrogens with one attached hydrogen (secondary N) is 1. The highest BCUT2D eigenvalue weighted by atomic mass is 16.5. The fourth-order valence-corrected chi connectivity index (χ4v) is 3.26. The monoisotopic (exact) mass is 410 g/mol. The fourth-order valence-electron chi connectivity index (χ4n) is 3.26. The number of nitrogens with zero attached hydrogens (tertiary/aromatic N) is 1.